The van der Waals surface area contributed by atoms with E-state index in [-0.39, 0.29) is 28.6 Å². The summed E-state index contributed by atoms with van der Waals surface area (Å²) in [5, 5.41) is 3.03. The van der Waals surface area contributed by atoms with E-state index in [1.165, 1.54) is 22.3 Å². The summed E-state index contributed by atoms with van der Waals surface area (Å²) in [4.78, 5) is 41.7. The predicted molar refractivity (Wildman–Crippen MR) is 131 cm³/mol. The molecular formula is C26H27FN6O2. The SMILES string of the molecule is CCCCc1ccc(-c2cc(=O)n3[nH]c(-c4nccnc4C)c(C(=O)N4CC(CF)C4)c3n2)cc1. The maximum absolute atomic E-state index is 13.6. The van der Waals surface area contributed by atoms with Gasteiger partial charge in [0.15, 0.2) is 5.65 Å². The van der Waals surface area contributed by atoms with E-state index in [0.717, 1.165) is 24.8 Å². The number of nitrogens with one attached hydrogen (secondary N) is 1. The molecule has 1 amide bonds. The Bertz CT molecular complexity index is 1440. The minimum Gasteiger partial charge on any atom is -0.338 e. The van der Waals surface area contributed by atoms with Crippen molar-refractivity contribution in [2.24, 2.45) is 5.92 Å². The van der Waals surface area contributed by atoms with E-state index in [1.807, 2.05) is 24.3 Å². The molecule has 1 fully saturated rings. The molecule has 4 heterocycles. The summed E-state index contributed by atoms with van der Waals surface area (Å²) in [6.45, 7) is 4.13. The summed E-state index contributed by atoms with van der Waals surface area (Å²) in [7, 11) is 0. The second kappa shape index (κ2) is 9.40. The Morgan fingerprint density at radius 2 is 1.91 bits per heavy atom. The first kappa shape index (κ1) is 22.9. The maximum atomic E-state index is 13.6. The van der Waals surface area contributed by atoms with Gasteiger partial charge in [0, 0.05) is 43.0 Å². The van der Waals surface area contributed by atoms with Gasteiger partial charge in [-0.15, -0.1) is 0 Å². The van der Waals surface area contributed by atoms with Crippen molar-refractivity contribution < 1.29 is 9.18 Å². The van der Waals surface area contributed by atoms with Crippen molar-refractivity contribution in [3.63, 3.8) is 0 Å². The minimum absolute atomic E-state index is 0.164. The van der Waals surface area contributed by atoms with Crippen LogP contribution in [-0.2, 0) is 6.42 Å². The maximum Gasteiger partial charge on any atom is 0.273 e. The highest BCUT2D eigenvalue weighted by Crippen LogP contribution is 2.30. The van der Waals surface area contributed by atoms with E-state index < -0.39 is 6.67 Å². The fourth-order valence-electron chi connectivity index (χ4n) is 4.43. The highest BCUT2D eigenvalue weighted by atomic mass is 19.1. The van der Waals surface area contributed by atoms with Crippen LogP contribution in [0.2, 0.25) is 0 Å². The summed E-state index contributed by atoms with van der Waals surface area (Å²) in [5.74, 6) is -0.476. The van der Waals surface area contributed by atoms with Crippen molar-refractivity contribution in [3.8, 4) is 22.6 Å². The molecule has 180 valence electrons. The number of alkyl halides is 1. The number of fused-ring (bicyclic) bond motifs is 1. The third-order valence-corrected chi connectivity index (χ3v) is 6.48. The van der Waals surface area contributed by atoms with Gasteiger partial charge in [0.2, 0.25) is 0 Å². The molecule has 8 nitrogen and oxygen atoms in total. The van der Waals surface area contributed by atoms with Crippen LogP contribution < -0.4 is 5.56 Å². The van der Waals surface area contributed by atoms with Crippen molar-refractivity contribution in [2.75, 3.05) is 19.8 Å². The number of halogens is 1. The number of nitrogens with zero attached hydrogens (tertiary/aromatic N) is 5. The number of carbonyl (C=O) groups is 1. The summed E-state index contributed by atoms with van der Waals surface area (Å²) in [5.41, 5.74) is 4.07. The van der Waals surface area contributed by atoms with Gasteiger partial charge in [-0.05, 0) is 25.3 Å². The molecule has 1 saturated heterocycles. The summed E-state index contributed by atoms with van der Waals surface area (Å²) >= 11 is 0. The molecule has 0 aliphatic carbocycles. The van der Waals surface area contributed by atoms with Crippen molar-refractivity contribution in [1.29, 1.82) is 0 Å². The normalized spacial score (nSPS) is 13.9. The zero-order valence-electron chi connectivity index (χ0n) is 19.8. The second-order valence-corrected chi connectivity index (χ2v) is 9.02. The number of hydrogen-bond donors (Lipinski definition) is 1. The number of aromatic amines is 1. The highest BCUT2D eigenvalue weighted by molar-refractivity contribution is 6.05. The zero-order valence-corrected chi connectivity index (χ0v) is 19.8. The minimum atomic E-state index is -0.468. The Morgan fingerprint density at radius 1 is 1.17 bits per heavy atom. The summed E-state index contributed by atoms with van der Waals surface area (Å²) < 4.78 is 14.3. The number of aromatic nitrogens is 5. The van der Waals surface area contributed by atoms with E-state index in [2.05, 4.69) is 22.0 Å². The standard InChI is InChI=1S/C26H27FN6O2/c1-3-4-5-17-6-8-19(9-7-17)20-12-21(34)33-25(30-20)22(26(35)32-14-18(13-27)15-32)24(31-33)23-16(2)28-10-11-29-23/h6-12,18,31H,3-5,13-15H2,1-2H3. The summed E-state index contributed by atoms with van der Waals surface area (Å²) in [6.07, 6.45) is 6.34. The van der Waals surface area contributed by atoms with Gasteiger partial charge in [-0.2, -0.15) is 0 Å². The third-order valence-electron chi connectivity index (χ3n) is 6.48. The Labute approximate surface area is 201 Å². The smallest absolute Gasteiger partial charge is 0.273 e. The molecule has 4 aromatic rings. The van der Waals surface area contributed by atoms with E-state index in [0.29, 0.717) is 35.9 Å². The first-order valence-electron chi connectivity index (χ1n) is 11.9. The molecule has 0 unspecified atom stereocenters. The van der Waals surface area contributed by atoms with E-state index in [1.54, 1.807) is 18.0 Å². The lowest BCUT2D eigenvalue weighted by molar-refractivity contribution is 0.0455. The molecule has 1 aliphatic rings. The first-order valence-corrected chi connectivity index (χ1v) is 11.9. The molecule has 3 aromatic heterocycles. The van der Waals surface area contributed by atoms with Crippen LogP contribution in [0.15, 0.2) is 47.5 Å². The molecule has 1 N–H and O–H groups in total. The van der Waals surface area contributed by atoms with Crippen molar-refractivity contribution >= 4 is 11.6 Å². The van der Waals surface area contributed by atoms with E-state index >= 15 is 0 Å². The molecule has 0 saturated carbocycles. The number of aryl methyl sites for hydroxylation is 2. The summed E-state index contributed by atoms with van der Waals surface area (Å²) in [6, 6.07) is 9.44. The van der Waals surface area contributed by atoms with Crippen molar-refractivity contribution in [1.82, 2.24) is 29.5 Å². The molecule has 0 bridgehead atoms. The van der Waals surface area contributed by atoms with Crippen LogP contribution in [0.1, 0.15) is 41.4 Å². The predicted octanol–water partition coefficient (Wildman–Crippen LogP) is 3.84. The monoisotopic (exact) mass is 474 g/mol. The molecule has 1 aromatic carbocycles. The fraction of sp³-hybridized carbons (Fsp3) is 0.346. The van der Waals surface area contributed by atoms with Crippen molar-refractivity contribution in [2.45, 2.75) is 33.1 Å². The lowest BCUT2D eigenvalue weighted by Gasteiger charge is -2.37. The number of unbranched alkanes of at least 4 members (excludes halogenated alkanes) is 1. The van der Waals surface area contributed by atoms with Crippen LogP contribution in [0.25, 0.3) is 28.3 Å². The second-order valence-electron chi connectivity index (χ2n) is 9.02. The molecule has 5 rings (SSSR count). The lowest BCUT2D eigenvalue weighted by atomic mass is 10.00. The van der Waals surface area contributed by atoms with Crippen LogP contribution in [0, 0.1) is 12.8 Å². The Hall–Kier alpha value is -3.88. The van der Waals surface area contributed by atoms with Crippen molar-refractivity contribution in [3.05, 3.63) is 69.9 Å². The molecule has 0 spiro atoms. The van der Waals surface area contributed by atoms with Gasteiger partial charge in [-0.3, -0.25) is 29.0 Å². The lowest BCUT2D eigenvalue weighted by Crippen LogP contribution is -2.50. The number of benzene rings is 1. The van der Waals surface area contributed by atoms with Crippen LogP contribution in [0.3, 0.4) is 0 Å². The van der Waals surface area contributed by atoms with Crippen LogP contribution in [0.5, 0.6) is 0 Å². The zero-order chi connectivity index (χ0) is 24.5. The van der Waals surface area contributed by atoms with Gasteiger partial charge in [0.05, 0.1) is 23.8 Å². The number of amides is 1. The van der Waals surface area contributed by atoms with E-state index in [4.69, 9.17) is 4.98 Å². The molecule has 0 radical (unpaired) electrons. The number of carbonyl (C=O) groups excluding carboxylic acids is 1. The van der Waals surface area contributed by atoms with Crippen LogP contribution in [-0.4, -0.2) is 55.1 Å². The Balaban J connectivity index is 1.64. The van der Waals surface area contributed by atoms with Gasteiger partial charge < -0.3 is 4.90 Å². The average molecular weight is 475 g/mol. The van der Waals surface area contributed by atoms with Gasteiger partial charge in [-0.25, -0.2) is 9.50 Å². The quantitative estimate of drug-likeness (QED) is 0.439. The highest BCUT2D eigenvalue weighted by Gasteiger charge is 2.35. The largest absolute Gasteiger partial charge is 0.338 e. The third kappa shape index (κ3) is 4.22. The van der Waals surface area contributed by atoms with Gasteiger partial charge >= 0.3 is 0 Å². The first-order chi connectivity index (χ1) is 17.0. The number of rotatable bonds is 7. The average Bonchev–Trinajstić information content (AvgIpc) is 3.22. The van der Waals surface area contributed by atoms with Crippen LogP contribution >= 0.6 is 0 Å². The topological polar surface area (TPSA) is 96.2 Å². The fourth-order valence-corrected chi connectivity index (χ4v) is 4.43. The van der Waals surface area contributed by atoms with Gasteiger partial charge in [0.25, 0.3) is 11.5 Å². The Kier molecular flexibility index (Phi) is 6.15. The molecule has 0 atom stereocenters. The number of likely N-dealkylation sites (tertiary alicyclic amines) is 1. The number of hydrogen-bond acceptors (Lipinski definition) is 5. The van der Waals surface area contributed by atoms with Gasteiger partial charge in [0.1, 0.15) is 11.3 Å². The number of H-pyrrole nitrogens is 1. The van der Waals surface area contributed by atoms with E-state index in [9.17, 15) is 14.0 Å². The molecule has 1 aliphatic heterocycles. The molecule has 9 heteroatoms. The molecule has 35 heavy (non-hydrogen) atoms. The van der Waals surface area contributed by atoms with Gasteiger partial charge in [-0.1, -0.05) is 37.6 Å². The van der Waals surface area contributed by atoms with Crippen LogP contribution in [0.4, 0.5) is 4.39 Å². The molecular weight excluding hydrogens is 447 g/mol. The Morgan fingerprint density at radius 3 is 2.60 bits per heavy atom.